The zero-order chi connectivity index (χ0) is 17.2. The molecule has 1 amide bonds. The summed E-state index contributed by atoms with van der Waals surface area (Å²) in [5.41, 5.74) is 7.07. The van der Waals surface area contributed by atoms with Gasteiger partial charge in [-0.15, -0.1) is 0 Å². The quantitative estimate of drug-likeness (QED) is 0.868. The molecule has 1 aromatic rings. The molecule has 1 aromatic carbocycles. The van der Waals surface area contributed by atoms with Gasteiger partial charge in [-0.05, 0) is 37.5 Å². The number of amides is 1. The van der Waals surface area contributed by atoms with Gasteiger partial charge in [-0.3, -0.25) is 4.79 Å². The zero-order valence-electron chi connectivity index (χ0n) is 14.6. The molecule has 0 aromatic heterocycles. The number of fused-ring (bicyclic) bond motifs is 1. The van der Waals surface area contributed by atoms with E-state index in [4.69, 9.17) is 15.2 Å². The average molecular weight is 332 g/mol. The molecule has 2 atom stereocenters. The molecule has 0 spiro atoms. The fourth-order valence-corrected chi connectivity index (χ4v) is 3.65. The Morgan fingerprint density at radius 2 is 1.88 bits per heavy atom. The molecule has 1 aliphatic heterocycles. The van der Waals surface area contributed by atoms with Gasteiger partial charge in [-0.2, -0.15) is 0 Å². The van der Waals surface area contributed by atoms with Gasteiger partial charge in [0.2, 0.25) is 5.91 Å². The maximum atomic E-state index is 12.3. The van der Waals surface area contributed by atoms with Crippen LogP contribution in [0.2, 0.25) is 0 Å². The summed E-state index contributed by atoms with van der Waals surface area (Å²) >= 11 is 0. The highest BCUT2D eigenvalue weighted by Gasteiger charge is 2.37. The lowest BCUT2D eigenvalue weighted by Crippen LogP contribution is -2.44. The third-order valence-electron chi connectivity index (χ3n) is 5.52. The van der Waals surface area contributed by atoms with Gasteiger partial charge in [-0.1, -0.05) is 25.8 Å². The van der Waals surface area contributed by atoms with Crippen LogP contribution in [0.4, 0.5) is 0 Å². The largest absolute Gasteiger partial charge is 0.486 e. The van der Waals surface area contributed by atoms with Crippen molar-refractivity contribution >= 4 is 5.91 Å². The number of hydrogen-bond donors (Lipinski definition) is 2. The summed E-state index contributed by atoms with van der Waals surface area (Å²) < 4.78 is 11.4. The van der Waals surface area contributed by atoms with E-state index in [0.717, 1.165) is 24.3 Å². The van der Waals surface area contributed by atoms with Crippen LogP contribution in [0.15, 0.2) is 18.2 Å². The number of nitrogens with two attached hydrogens (primary N) is 1. The van der Waals surface area contributed by atoms with E-state index in [1.807, 2.05) is 19.9 Å². The molecule has 132 valence electrons. The van der Waals surface area contributed by atoms with Crippen LogP contribution >= 0.6 is 0 Å². The molecule has 0 radical (unpaired) electrons. The van der Waals surface area contributed by atoms with E-state index < -0.39 is 0 Å². The first-order valence-electron chi connectivity index (χ1n) is 8.95. The number of ether oxygens (including phenoxy) is 2. The Labute approximate surface area is 143 Å². The first-order chi connectivity index (χ1) is 11.5. The van der Waals surface area contributed by atoms with Gasteiger partial charge in [0.15, 0.2) is 11.5 Å². The average Bonchev–Trinajstić information content (AvgIpc) is 3.08. The lowest BCUT2D eigenvalue weighted by molar-refractivity contribution is -0.125. The molecule has 2 unspecified atom stereocenters. The van der Waals surface area contributed by atoms with E-state index >= 15 is 0 Å². The SMILES string of the molecule is CC(N)C(C)C(=O)NCC1(c2ccc3c(c2)OCCO3)CCCC1. The van der Waals surface area contributed by atoms with Gasteiger partial charge >= 0.3 is 0 Å². The van der Waals surface area contributed by atoms with Crippen LogP contribution in [0.25, 0.3) is 0 Å². The summed E-state index contributed by atoms with van der Waals surface area (Å²) in [5.74, 6) is 1.49. The third-order valence-corrected chi connectivity index (χ3v) is 5.52. The molecule has 24 heavy (non-hydrogen) atoms. The highest BCUT2D eigenvalue weighted by Crippen LogP contribution is 2.43. The number of benzene rings is 1. The molecular formula is C19H28N2O3. The first-order valence-corrected chi connectivity index (χ1v) is 8.95. The second-order valence-electron chi connectivity index (χ2n) is 7.21. The van der Waals surface area contributed by atoms with Crippen molar-refractivity contribution in [2.24, 2.45) is 11.7 Å². The maximum Gasteiger partial charge on any atom is 0.224 e. The van der Waals surface area contributed by atoms with Crippen molar-refractivity contribution in [2.75, 3.05) is 19.8 Å². The topological polar surface area (TPSA) is 73.6 Å². The number of nitrogens with one attached hydrogen (secondary N) is 1. The monoisotopic (exact) mass is 332 g/mol. The molecule has 0 bridgehead atoms. The summed E-state index contributed by atoms with van der Waals surface area (Å²) in [6.45, 7) is 5.60. The fourth-order valence-electron chi connectivity index (χ4n) is 3.65. The van der Waals surface area contributed by atoms with Crippen LogP contribution < -0.4 is 20.5 Å². The molecular weight excluding hydrogens is 304 g/mol. The second kappa shape index (κ2) is 7.01. The molecule has 1 saturated carbocycles. The van der Waals surface area contributed by atoms with E-state index in [-0.39, 0.29) is 23.3 Å². The van der Waals surface area contributed by atoms with Crippen molar-refractivity contribution in [3.63, 3.8) is 0 Å². The Bertz CT molecular complexity index is 594. The van der Waals surface area contributed by atoms with E-state index in [0.29, 0.717) is 19.8 Å². The maximum absolute atomic E-state index is 12.3. The summed E-state index contributed by atoms with van der Waals surface area (Å²) in [6.07, 6.45) is 4.54. The van der Waals surface area contributed by atoms with Gasteiger partial charge in [0.1, 0.15) is 13.2 Å². The van der Waals surface area contributed by atoms with E-state index in [9.17, 15) is 4.79 Å². The lowest BCUT2D eigenvalue weighted by Gasteiger charge is -2.32. The van der Waals surface area contributed by atoms with E-state index in [1.54, 1.807) is 0 Å². The first kappa shape index (κ1) is 17.1. The van der Waals surface area contributed by atoms with Gasteiger partial charge in [0.05, 0.1) is 0 Å². The zero-order valence-corrected chi connectivity index (χ0v) is 14.6. The Morgan fingerprint density at radius 3 is 2.54 bits per heavy atom. The molecule has 3 rings (SSSR count). The van der Waals surface area contributed by atoms with Crippen molar-refractivity contribution in [3.8, 4) is 11.5 Å². The van der Waals surface area contributed by atoms with Gasteiger partial charge in [-0.25, -0.2) is 0 Å². The van der Waals surface area contributed by atoms with Crippen LogP contribution in [-0.2, 0) is 10.2 Å². The summed E-state index contributed by atoms with van der Waals surface area (Å²) in [4.78, 5) is 12.3. The second-order valence-corrected chi connectivity index (χ2v) is 7.21. The number of hydrogen-bond acceptors (Lipinski definition) is 4. The van der Waals surface area contributed by atoms with Gasteiger partial charge in [0.25, 0.3) is 0 Å². The van der Waals surface area contributed by atoms with Crippen LogP contribution in [0, 0.1) is 5.92 Å². The summed E-state index contributed by atoms with van der Waals surface area (Å²) in [6, 6.07) is 6.08. The molecule has 5 heteroatoms. The number of carbonyl (C=O) groups excluding carboxylic acids is 1. The molecule has 1 fully saturated rings. The van der Waals surface area contributed by atoms with Crippen molar-refractivity contribution in [1.82, 2.24) is 5.32 Å². The normalized spacial score (nSPS) is 21.1. The van der Waals surface area contributed by atoms with Crippen molar-refractivity contribution < 1.29 is 14.3 Å². The minimum atomic E-state index is -0.177. The fraction of sp³-hybridized carbons (Fsp3) is 0.632. The molecule has 3 N–H and O–H groups in total. The Balaban J connectivity index is 1.77. The third kappa shape index (κ3) is 3.36. The van der Waals surface area contributed by atoms with E-state index in [2.05, 4.69) is 17.4 Å². The van der Waals surface area contributed by atoms with Gasteiger partial charge < -0.3 is 20.5 Å². The molecule has 5 nitrogen and oxygen atoms in total. The predicted octanol–water partition coefficient (Wildman–Crippen LogP) is 2.37. The van der Waals surface area contributed by atoms with Crippen molar-refractivity contribution in [1.29, 1.82) is 0 Å². The predicted molar refractivity (Wildman–Crippen MR) is 93.4 cm³/mol. The minimum Gasteiger partial charge on any atom is -0.486 e. The molecule has 1 heterocycles. The highest BCUT2D eigenvalue weighted by atomic mass is 16.6. The number of rotatable bonds is 5. The molecule has 1 aliphatic carbocycles. The molecule has 0 saturated heterocycles. The number of carbonyl (C=O) groups is 1. The summed E-state index contributed by atoms with van der Waals surface area (Å²) in [5, 5.41) is 3.13. The Morgan fingerprint density at radius 1 is 1.21 bits per heavy atom. The Kier molecular flexibility index (Phi) is 4.99. The Hall–Kier alpha value is -1.75. The highest BCUT2D eigenvalue weighted by molar-refractivity contribution is 5.79. The minimum absolute atomic E-state index is 0.0109. The van der Waals surface area contributed by atoms with Crippen LogP contribution in [0.5, 0.6) is 11.5 Å². The van der Waals surface area contributed by atoms with Crippen LogP contribution in [-0.4, -0.2) is 31.7 Å². The standard InChI is InChI=1S/C19H28N2O3/c1-13(14(2)20)18(22)21-12-19(7-3-4-8-19)15-5-6-16-17(11-15)24-10-9-23-16/h5-6,11,13-14H,3-4,7-10,12,20H2,1-2H3,(H,21,22). The lowest BCUT2D eigenvalue weighted by atomic mass is 9.78. The van der Waals surface area contributed by atoms with Gasteiger partial charge in [0, 0.05) is 23.9 Å². The summed E-state index contributed by atoms with van der Waals surface area (Å²) in [7, 11) is 0. The van der Waals surface area contributed by atoms with Crippen molar-refractivity contribution in [2.45, 2.75) is 51.0 Å². The van der Waals surface area contributed by atoms with E-state index in [1.165, 1.54) is 18.4 Å². The van der Waals surface area contributed by atoms with Crippen LogP contribution in [0.1, 0.15) is 45.1 Å². The smallest absolute Gasteiger partial charge is 0.224 e. The van der Waals surface area contributed by atoms with Crippen LogP contribution in [0.3, 0.4) is 0 Å². The van der Waals surface area contributed by atoms with Crippen molar-refractivity contribution in [3.05, 3.63) is 23.8 Å². The molecule has 2 aliphatic rings.